The van der Waals surface area contributed by atoms with E-state index in [4.69, 9.17) is 4.52 Å². The van der Waals surface area contributed by atoms with Crippen molar-refractivity contribution in [3.05, 3.63) is 88.8 Å². The summed E-state index contributed by atoms with van der Waals surface area (Å²) in [6.45, 7) is 3.80. The Balaban J connectivity index is 1.32. The monoisotopic (exact) mass is 472 g/mol. The highest BCUT2D eigenvalue weighted by atomic mass is 32.2. The maximum Gasteiger partial charge on any atom is 0.260 e. The molecule has 0 aliphatic heterocycles. The highest BCUT2D eigenvalue weighted by Gasteiger charge is 2.17. The van der Waals surface area contributed by atoms with E-state index in [-0.39, 0.29) is 5.91 Å². The first-order chi connectivity index (χ1) is 16.1. The average Bonchev–Trinajstić information content (AvgIpc) is 3.43. The molecule has 1 amide bonds. The van der Waals surface area contributed by atoms with Gasteiger partial charge in [-0.1, -0.05) is 41.6 Å². The van der Waals surface area contributed by atoms with E-state index in [1.807, 2.05) is 37.4 Å². The average molecular weight is 473 g/mol. The molecular weight excluding hydrogens is 452 g/mol. The molecule has 0 aliphatic rings. The third-order valence-electron chi connectivity index (χ3n) is 5.32. The second-order valence-corrected chi connectivity index (χ2v) is 9.32. The van der Waals surface area contributed by atoms with E-state index >= 15 is 0 Å². The van der Waals surface area contributed by atoms with Gasteiger partial charge >= 0.3 is 0 Å². The summed E-state index contributed by atoms with van der Waals surface area (Å²) >= 11 is 2.89. The van der Waals surface area contributed by atoms with Crippen LogP contribution in [0.15, 0.2) is 75.7 Å². The van der Waals surface area contributed by atoms with Crippen LogP contribution < -0.4 is 5.32 Å². The SMILES string of the molecule is Cc1noc(C)c1CSc1ncccc1C(=O)Nc1nc(-c2ccc3ccccc3c2)cs1. The minimum Gasteiger partial charge on any atom is -0.361 e. The highest BCUT2D eigenvalue weighted by molar-refractivity contribution is 7.98. The van der Waals surface area contributed by atoms with Crippen molar-refractivity contribution >= 4 is 44.9 Å². The van der Waals surface area contributed by atoms with E-state index < -0.39 is 0 Å². The third kappa shape index (κ3) is 4.53. The molecule has 0 radical (unpaired) electrons. The van der Waals surface area contributed by atoms with Crippen LogP contribution in [-0.4, -0.2) is 21.0 Å². The van der Waals surface area contributed by atoms with Gasteiger partial charge in [-0.2, -0.15) is 0 Å². The number of thiazole rings is 1. The Morgan fingerprint density at radius 3 is 2.76 bits per heavy atom. The van der Waals surface area contributed by atoms with Crippen LogP contribution in [0.4, 0.5) is 5.13 Å². The maximum atomic E-state index is 13.0. The molecule has 5 aromatic rings. The summed E-state index contributed by atoms with van der Waals surface area (Å²) in [5.74, 6) is 1.18. The highest BCUT2D eigenvalue weighted by Crippen LogP contribution is 2.30. The summed E-state index contributed by atoms with van der Waals surface area (Å²) < 4.78 is 5.23. The number of amides is 1. The van der Waals surface area contributed by atoms with Gasteiger partial charge in [-0.15, -0.1) is 23.1 Å². The number of anilines is 1. The molecule has 6 nitrogen and oxygen atoms in total. The van der Waals surface area contributed by atoms with Gasteiger partial charge in [0.05, 0.1) is 17.0 Å². The van der Waals surface area contributed by atoms with Gasteiger partial charge in [-0.05, 0) is 42.8 Å². The number of nitrogens with one attached hydrogen (secondary N) is 1. The second kappa shape index (κ2) is 9.17. The molecule has 0 saturated carbocycles. The molecule has 0 atom stereocenters. The van der Waals surface area contributed by atoms with Gasteiger partial charge < -0.3 is 4.52 Å². The number of nitrogens with zero attached hydrogens (tertiary/aromatic N) is 3. The quantitative estimate of drug-likeness (QED) is 0.284. The first kappa shape index (κ1) is 21.4. The minimum atomic E-state index is -0.233. The molecule has 1 N–H and O–H groups in total. The lowest BCUT2D eigenvalue weighted by molar-refractivity contribution is 0.102. The zero-order chi connectivity index (χ0) is 22.8. The van der Waals surface area contributed by atoms with Gasteiger partial charge in [0.25, 0.3) is 5.91 Å². The van der Waals surface area contributed by atoms with E-state index in [1.54, 1.807) is 18.3 Å². The third-order valence-corrected chi connectivity index (χ3v) is 7.11. The van der Waals surface area contributed by atoms with Crippen LogP contribution in [0.25, 0.3) is 22.0 Å². The maximum absolute atomic E-state index is 13.0. The van der Waals surface area contributed by atoms with Gasteiger partial charge in [0, 0.05) is 28.5 Å². The van der Waals surface area contributed by atoms with Crippen LogP contribution >= 0.6 is 23.1 Å². The molecule has 164 valence electrons. The number of carbonyl (C=O) groups excluding carboxylic acids is 1. The van der Waals surface area contributed by atoms with Crippen molar-refractivity contribution in [3.8, 4) is 11.3 Å². The van der Waals surface area contributed by atoms with E-state index in [1.165, 1.54) is 28.5 Å². The van der Waals surface area contributed by atoms with Gasteiger partial charge in [0.2, 0.25) is 0 Å². The van der Waals surface area contributed by atoms with E-state index in [0.29, 0.717) is 21.5 Å². The predicted molar refractivity (Wildman–Crippen MR) is 133 cm³/mol. The molecule has 0 spiro atoms. The fourth-order valence-corrected chi connectivity index (χ4v) is 5.36. The number of hydrogen-bond donors (Lipinski definition) is 1. The summed E-state index contributed by atoms with van der Waals surface area (Å²) in [6.07, 6.45) is 1.69. The molecule has 33 heavy (non-hydrogen) atoms. The summed E-state index contributed by atoms with van der Waals surface area (Å²) in [5.41, 5.74) is 4.24. The summed E-state index contributed by atoms with van der Waals surface area (Å²) in [4.78, 5) is 22.1. The predicted octanol–water partition coefficient (Wildman–Crippen LogP) is 6.51. The Labute approximate surface area is 199 Å². The summed E-state index contributed by atoms with van der Waals surface area (Å²) in [7, 11) is 0. The van der Waals surface area contributed by atoms with Crippen molar-refractivity contribution in [1.29, 1.82) is 0 Å². The lowest BCUT2D eigenvalue weighted by atomic mass is 10.1. The summed E-state index contributed by atoms with van der Waals surface area (Å²) in [5, 5.41) is 12.4. The normalized spacial score (nSPS) is 11.1. The number of aromatic nitrogens is 3. The zero-order valence-corrected chi connectivity index (χ0v) is 19.7. The van der Waals surface area contributed by atoms with Gasteiger partial charge in [-0.25, -0.2) is 9.97 Å². The molecule has 5 rings (SSSR count). The second-order valence-electron chi connectivity index (χ2n) is 7.50. The number of hydrogen-bond acceptors (Lipinski definition) is 7. The number of fused-ring (bicyclic) bond motifs is 1. The van der Waals surface area contributed by atoms with Crippen LogP contribution in [0.2, 0.25) is 0 Å². The Morgan fingerprint density at radius 1 is 1.09 bits per heavy atom. The molecule has 3 heterocycles. The van der Waals surface area contributed by atoms with Crippen molar-refractivity contribution in [3.63, 3.8) is 0 Å². The van der Waals surface area contributed by atoms with Crippen LogP contribution in [0, 0.1) is 13.8 Å². The lowest BCUT2D eigenvalue weighted by Gasteiger charge is -2.07. The van der Waals surface area contributed by atoms with Crippen LogP contribution in [0.1, 0.15) is 27.4 Å². The molecule has 0 saturated heterocycles. The Kier molecular flexibility index (Phi) is 5.93. The molecule has 8 heteroatoms. The van der Waals surface area contributed by atoms with Crippen molar-refractivity contribution in [2.45, 2.75) is 24.6 Å². The van der Waals surface area contributed by atoms with Crippen molar-refractivity contribution in [2.75, 3.05) is 5.32 Å². The number of carbonyl (C=O) groups is 1. The van der Waals surface area contributed by atoms with Crippen LogP contribution in [-0.2, 0) is 5.75 Å². The number of rotatable bonds is 6. The molecule has 0 unspecified atom stereocenters. The standard InChI is InChI=1S/C25H20N4O2S2/c1-15-21(16(2)31-29-15)13-32-24-20(8-5-11-26-24)23(30)28-25-27-22(14-33-25)19-10-9-17-6-3-4-7-18(17)12-19/h3-12,14H,13H2,1-2H3,(H,27,28,30). The number of aryl methyl sites for hydroxylation is 2. The van der Waals surface area contributed by atoms with Crippen molar-refractivity contribution in [2.24, 2.45) is 0 Å². The molecule has 2 aromatic carbocycles. The largest absolute Gasteiger partial charge is 0.361 e. The summed E-state index contributed by atoms with van der Waals surface area (Å²) in [6, 6.07) is 18.0. The van der Waals surface area contributed by atoms with Crippen LogP contribution in [0.3, 0.4) is 0 Å². The lowest BCUT2D eigenvalue weighted by Crippen LogP contribution is -2.13. The van der Waals surface area contributed by atoms with Crippen molar-refractivity contribution < 1.29 is 9.32 Å². The molecule has 0 fully saturated rings. The topological polar surface area (TPSA) is 80.9 Å². The first-order valence-electron chi connectivity index (χ1n) is 10.3. The van der Waals surface area contributed by atoms with Gasteiger partial charge in [-0.3, -0.25) is 10.1 Å². The molecule has 0 aliphatic carbocycles. The minimum absolute atomic E-state index is 0.233. The molecule has 3 aromatic heterocycles. The number of pyridine rings is 1. The molecular formula is C25H20N4O2S2. The smallest absolute Gasteiger partial charge is 0.260 e. The van der Waals surface area contributed by atoms with Gasteiger partial charge in [0.1, 0.15) is 10.8 Å². The van der Waals surface area contributed by atoms with Gasteiger partial charge in [0.15, 0.2) is 5.13 Å². The Morgan fingerprint density at radius 2 is 1.94 bits per heavy atom. The van der Waals surface area contributed by atoms with E-state index in [9.17, 15) is 4.79 Å². The van der Waals surface area contributed by atoms with E-state index in [2.05, 4.69) is 44.7 Å². The van der Waals surface area contributed by atoms with Crippen molar-refractivity contribution in [1.82, 2.24) is 15.1 Å². The fraction of sp³-hybridized carbons (Fsp3) is 0.120. The number of benzene rings is 2. The Bertz CT molecular complexity index is 1440. The fourth-order valence-electron chi connectivity index (χ4n) is 3.50. The number of thioether (sulfide) groups is 1. The van der Waals surface area contributed by atoms with Crippen LogP contribution in [0.5, 0.6) is 0 Å². The zero-order valence-electron chi connectivity index (χ0n) is 18.0. The Hall–Kier alpha value is -3.49. The van der Waals surface area contributed by atoms with E-state index in [0.717, 1.165) is 33.7 Å². The molecule has 0 bridgehead atoms. The first-order valence-corrected chi connectivity index (χ1v) is 12.2.